The molecule has 1 aliphatic rings. The van der Waals surface area contributed by atoms with Gasteiger partial charge in [0.25, 0.3) is 0 Å². The van der Waals surface area contributed by atoms with E-state index in [4.69, 9.17) is 9.84 Å². The summed E-state index contributed by atoms with van der Waals surface area (Å²) >= 11 is 0. The van der Waals surface area contributed by atoms with Crippen LogP contribution in [0.5, 0.6) is 0 Å². The highest BCUT2D eigenvalue weighted by molar-refractivity contribution is 5.95. The molecule has 0 aromatic heterocycles. The Labute approximate surface area is 117 Å². The zero-order valence-corrected chi connectivity index (χ0v) is 11.3. The Hall–Kier alpha value is -2.08. The summed E-state index contributed by atoms with van der Waals surface area (Å²) in [6.45, 7) is 0.527. The zero-order chi connectivity index (χ0) is 14.5. The van der Waals surface area contributed by atoms with Gasteiger partial charge in [-0.1, -0.05) is 18.2 Å². The van der Waals surface area contributed by atoms with E-state index >= 15 is 0 Å². The van der Waals surface area contributed by atoms with E-state index in [1.807, 2.05) is 24.3 Å². The number of para-hydroxylation sites is 1. The minimum atomic E-state index is -1.11. The number of nitrogens with one attached hydrogen (secondary N) is 1. The van der Waals surface area contributed by atoms with Crippen molar-refractivity contribution in [2.75, 3.05) is 25.2 Å². The van der Waals surface area contributed by atoms with Crippen molar-refractivity contribution in [3.63, 3.8) is 0 Å². The minimum absolute atomic E-state index is 0.0590. The Morgan fingerprint density at radius 2 is 2.20 bits per heavy atom. The summed E-state index contributed by atoms with van der Waals surface area (Å²) in [6.07, 6.45) is 1.80. The monoisotopic (exact) mass is 278 g/mol. The van der Waals surface area contributed by atoms with Crippen molar-refractivity contribution in [2.45, 2.75) is 18.9 Å². The van der Waals surface area contributed by atoms with Gasteiger partial charge in [0, 0.05) is 19.3 Å². The molecule has 0 fully saturated rings. The molecule has 1 heterocycles. The Morgan fingerprint density at radius 1 is 1.45 bits per heavy atom. The van der Waals surface area contributed by atoms with Crippen molar-refractivity contribution in [3.8, 4) is 0 Å². The van der Waals surface area contributed by atoms with Crippen LogP contribution in [0.4, 0.5) is 10.5 Å². The normalized spacial score (nSPS) is 15.3. The summed E-state index contributed by atoms with van der Waals surface area (Å²) in [4.78, 5) is 24.9. The molecule has 0 saturated heterocycles. The number of aryl methyl sites for hydroxylation is 1. The van der Waals surface area contributed by atoms with Gasteiger partial charge in [-0.15, -0.1) is 0 Å². The number of anilines is 1. The van der Waals surface area contributed by atoms with Crippen molar-refractivity contribution < 1.29 is 19.4 Å². The summed E-state index contributed by atoms with van der Waals surface area (Å²) < 4.78 is 4.81. The summed E-state index contributed by atoms with van der Waals surface area (Å²) in [7, 11) is 1.40. The van der Waals surface area contributed by atoms with E-state index in [1.54, 1.807) is 4.90 Å². The number of urea groups is 1. The molecule has 1 atom stereocenters. The molecule has 1 unspecified atom stereocenters. The third kappa shape index (κ3) is 3.08. The highest BCUT2D eigenvalue weighted by atomic mass is 16.5. The fourth-order valence-electron chi connectivity index (χ4n) is 2.31. The quantitative estimate of drug-likeness (QED) is 0.868. The molecule has 6 nitrogen and oxygen atoms in total. The second kappa shape index (κ2) is 6.38. The number of carboxylic acid groups (broad SMARTS) is 1. The Bertz CT molecular complexity index is 504. The maximum absolute atomic E-state index is 12.2. The second-order valence-electron chi connectivity index (χ2n) is 4.68. The van der Waals surface area contributed by atoms with E-state index in [0.29, 0.717) is 6.54 Å². The number of carboxylic acids is 1. The molecule has 0 bridgehead atoms. The van der Waals surface area contributed by atoms with E-state index in [1.165, 1.54) is 7.11 Å². The van der Waals surface area contributed by atoms with Crippen LogP contribution in [0.1, 0.15) is 12.0 Å². The number of benzene rings is 1. The number of hydrogen-bond donors (Lipinski definition) is 2. The van der Waals surface area contributed by atoms with Crippen LogP contribution in [-0.2, 0) is 16.0 Å². The molecule has 6 heteroatoms. The van der Waals surface area contributed by atoms with Crippen LogP contribution < -0.4 is 10.2 Å². The van der Waals surface area contributed by atoms with E-state index in [0.717, 1.165) is 24.1 Å². The van der Waals surface area contributed by atoms with Crippen LogP contribution in [0.25, 0.3) is 0 Å². The van der Waals surface area contributed by atoms with Gasteiger partial charge >= 0.3 is 12.0 Å². The van der Waals surface area contributed by atoms with Gasteiger partial charge in [0.15, 0.2) is 6.04 Å². The van der Waals surface area contributed by atoms with Gasteiger partial charge in [-0.2, -0.15) is 0 Å². The predicted octanol–water partition coefficient (Wildman–Crippen LogP) is 1.25. The molecule has 0 radical (unpaired) electrons. The van der Waals surface area contributed by atoms with E-state index in [-0.39, 0.29) is 6.61 Å². The molecule has 0 saturated carbocycles. The number of ether oxygens (including phenoxy) is 1. The first kappa shape index (κ1) is 14.3. The lowest BCUT2D eigenvalue weighted by atomic mass is 10.0. The fraction of sp³-hybridized carbons (Fsp3) is 0.429. The number of aliphatic carboxylic acids is 1. The first-order valence-corrected chi connectivity index (χ1v) is 6.51. The summed E-state index contributed by atoms with van der Waals surface area (Å²) in [5.74, 6) is -1.11. The van der Waals surface area contributed by atoms with Gasteiger partial charge in [-0.05, 0) is 24.5 Å². The number of carbonyl (C=O) groups excluding carboxylic acids is 1. The average molecular weight is 278 g/mol. The summed E-state index contributed by atoms with van der Waals surface area (Å²) in [5.41, 5.74) is 1.95. The van der Waals surface area contributed by atoms with Crippen LogP contribution >= 0.6 is 0 Å². The van der Waals surface area contributed by atoms with Crippen molar-refractivity contribution in [1.29, 1.82) is 0 Å². The molecule has 2 rings (SSSR count). The predicted molar refractivity (Wildman–Crippen MR) is 73.9 cm³/mol. The largest absolute Gasteiger partial charge is 0.480 e. The maximum Gasteiger partial charge on any atom is 0.328 e. The third-order valence-corrected chi connectivity index (χ3v) is 3.28. The highest BCUT2D eigenvalue weighted by Gasteiger charge is 2.26. The summed E-state index contributed by atoms with van der Waals surface area (Å²) in [6, 6.07) is 6.22. The number of hydrogen-bond acceptors (Lipinski definition) is 3. The standard InChI is InChI=1S/C14H18N2O4/c1-20-9-11(13(17)18)15-14(19)16-8-4-6-10-5-2-3-7-12(10)16/h2-3,5,7,11H,4,6,8-9H2,1H3,(H,15,19)(H,17,18). The number of rotatable bonds is 4. The first-order valence-electron chi connectivity index (χ1n) is 6.51. The molecule has 108 valence electrons. The van der Waals surface area contributed by atoms with Crippen LogP contribution in [0.15, 0.2) is 24.3 Å². The molecular formula is C14H18N2O4. The Balaban J connectivity index is 2.12. The molecule has 0 spiro atoms. The molecule has 20 heavy (non-hydrogen) atoms. The highest BCUT2D eigenvalue weighted by Crippen LogP contribution is 2.26. The maximum atomic E-state index is 12.2. The SMILES string of the molecule is COCC(NC(=O)N1CCCc2ccccc21)C(=O)O. The zero-order valence-electron chi connectivity index (χ0n) is 11.3. The molecule has 2 N–H and O–H groups in total. The smallest absolute Gasteiger partial charge is 0.328 e. The molecular weight excluding hydrogens is 260 g/mol. The average Bonchev–Trinajstić information content (AvgIpc) is 2.46. The molecule has 1 aromatic carbocycles. The molecule has 0 aliphatic carbocycles. The van der Waals surface area contributed by atoms with Crippen LogP contribution in [0.3, 0.4) is 0 Å². The minimum Gasteiger partial charge on any atom is -0.480 e. The number of methoxy groups -OCH3 is 1. The van der Waals surface area contributed by atoms with E-state index in [9.17, 15) is 9.59 Å². The van der Waals surface area contributed by atoms with Crippen LogP contribution in [-0.4, -0.2) is 43.4 Å². The van der Waals surface area contributed by atoms with Gasteiger partial charge < -0.3 is 15.2 Å². The van der Waals surface area contributed by atoms with Gasteiger partial charge in [0.2, 0.25) is 0 Å². The van der Waals surface area contributed by atoms with Crippen molar-refractivity contribution in [2.24, 2.45) is 0 Å². The first-order chi connectivity index (χ1) is 9.63. The Kier molecular flexibility index (Phi) is 4.57. The van der Waals surface area contributed by atoms with Crippen molar-refractivity contribution in [3.05, 3.63) is 29.8 Å². The van der Waals surface area contributed by atoms with E-state index in [2.05, 4.69) is 5.32 Å². The second-order valence-corrected chi connectivity index (χ2v) is 4.68. The fourth-order valence-corrected chi connectivity index (χ4v) is 2.31. The van der Waals surface area contributed by atoms with Gasteiger partial charge in [0.1, 0.15) is 0 Å². The number of nitrogens with zero attached hydrogens (tertiary/aromatic N) is 1. The van der Waals surface area contributed by atoms with Gasteiger partial charge in [0.05, 0.1) is 6.61 Å². The number of amides is 2. The number of carbonyl (C=O) groups is 2. The lowest BCUT2D eigenvalue weighted by Crippen LogP contribution is -2.51. The lowest BCUT2D eigenvalue weighted by Gasteiger charge is -2.30. The Morgan fingerprint density at radius 3 is 2.90 bits per heavy atom. The van der Waals surface area contributed by atoms with Crippen molar-refractivity contribution in [1.82, 2.24) is 5.32 Å². The summed E-state index contributed by atoms with van der Waals surface area (Å²) in [5, 5.41) is 11.5. The third-order valence-electron chi connectivity index (χ3n) is 3.28. The lowest BCUT2D eigenvalue weighted by molar-refractivity contribution is -0.140. The molecule has 2 amide bonds. The topological polar surface area (TPSA) is 78.9 Å². The molecule has 1 aliphatic heterocycles. The van der Waals surface area contributed by atoms with Gasteiger partial charge in [-0.25, -0.2) is 9.59 Å². The molecule has 1 aromatic rings. The van der Waals surface area contributed by atoms with Crippen LogP contribution in [0.2, 0.25) is 0 Å². The van der Waals surface area contributed by atoms with E-state index < -0.39 is 18.0 Å². The van der Waals surface area contributed by atoms with Crippen LogP contribution in [0, 0.1) is 0 Å². The number of fused-ring (bicyclic) bond motifs is 1. The van der Waals surface area contributed by atoms with Crippen molar-refractivity contribution >= 4 is 17.7 Å². The van der Waals surface area contributed by atoms with Gasteiger partial charge in [-0.3, -0.25) is 4.90 Å².